The van der Waals surface area contributed by atoms with Crippen molar-refractivity contribution in [1.82, 2.24) is 29.4 Å². The van der Waals surface area contributed by atoms with E-state index in [0.717, 1.165) is 16.4 Å². The molecule has 39 heavy (non-hydrogen) atoms. The van der Waals surface area contributed by atoms with Crippen LogP contribution in [0.1, 0.15) is 18.7 Å². The Hall–Kier alpha value is -4.19. The zero-order valence-electron chi connectivity index (χ0n) is 20.2. The molecule has 18 heteroatoms. The molecule has 4 aliphatic rings. The van der Waals surface area contributed by atoms with E-state index in [4.69, 9.17) is 16.9 Å². The van der Waals surface area contributed by atoms with Gasteiger partial charge in [-0.1, -0.05) is 5.16 Å². The van der Waals surface area contributed by atoms with Gasteiger partial charge >= 0.3 is 5.97 Å². The van der Waals surface area contributed by atoms with Crippen LogP contribution in [0.25, 0.3) is 0 Å². The van der Waals surface area contributed by atoms with E-state index in [1.54, 1.807) is 15.9 Å². The quantitative estimate of drug-likeness (QED) is 0.0546. The van der Waals surface area contributed by atoms with Gasteiger partial charge in [-0.05, 0) is 24.5 Å². The number of β-lactam (4-membered cyclic amide) rings is 1. The molecule has 0 unspecified atom stereocenters. The molecule has 3 saturated heterocycles. The monoisotopic (exact) mass is 576 g/mol. The van der Waals surface area contributed by atoms with Crippen LogP contribution in [0.15, 0.2) is 28.1 Å². The SMILES string of the molecule is N=C(N)N1CC[C@@H](N2CC/C(=C\C3=C(C(=O)O)N4C(=O)[C@@H](NC(=O)/C(=N\O)c5nsc(N)n5)[C@H]4SC3)C2=O)C1. The minimum atomic E-state index is -1.33. The lowest BCUT2D eigenvalue weighted by atomic mass is 10.0. The Morgan fingerprint density at radius 1 is 1.28 bits per heavy atom. The van der Waals surface area contributed by atoms with Crippen LogP contribution in [0, 0.1) is 5.41 Å². The molecule has 0 spiro atoms. The Morgan fingerprint density at radius 3 is 2.67 bits per heavy atom. The summed E-state index contributed by atoms with van der Waals surface area (Å²) >= 11 is 2.03. The summed E-state index contributed by atoms with van der Waals surface area (Å²) in [4.78, 5) is 59.3. The molecule has 3 amide bonds. The Morgan fingerprint density at radius 2 is 2.05 bits per heavy atom. The van der Waals surface area contributed by atoms with Crippen molar-refractivity contribution in [3.8, 4) is 0 Å². The molecule has 5 heterocycles. The highest BCUT2D eigenvalue weighted by molar-refractivity contribution is 8.00. The van der Waals surface area contributed by atoms with Crippen molar-refractivity contribution in [3.05, 3.63) is 28.7 Å². The molecule has 3 atom stereocenters. The molecule has 16 nitrogen and oxygen atoms in total. The molecule has 1 aromatic heterocycles. The van der Waals surface area contributed by atoms with E-state index in [1.807, 2.05) is 0 Å². The Balaban J connectivity index is 1.31. The number of carboxylic acid groups (broad SMARTS) is 1. The van der Waals surface area contributed by atoms with Crippen LogP contribution < -0.4 is 16.8 Å². The lowest BCUT2D eigenvalue weighted by Crippen LogP contribution is -2.71. The first-order valence-corrected chi connectivity index (χ1v) is 13.6. The number of hydrogen-bond acceptors (Lipinski definition) is 12. The topological polar surface area (TPSA) is 245 Å². The zero-order chi connectivity index (χ0) is 28.0. The third-order valence-electron chi connectivity index (χ3n) is 6.91. The molecule has 206 valence electrons. The lowest BCUT2D eigenvalue weighted by Gasteiger charge is -2.49. The summed E-state index contributed by atoms with van der Waals surface area (Å²) in [5.41, 5.74) is 11.1. The van der Waals surface area contributed by atoms with Crippen molar-refractivity contribution in [1.29, 1.82) is 5.41 Å². The standard InChI is InChI=1S/C21H24N10O6S2/c22-20(23)29-3-2-10(6-29)30-4-1-8(16(30)33)5-9-7-38-18-12(17(34)31(18)13(9)19(35)36)25-15(32)11(27-37)14-26-21(24)39-28-14/h5,10,12,18,37H,1-4,6-7H2,(H3,22,23)(H,25,32)(H,35,36)(H2,24,26,28)/b8-5+,27-11-/t10-,12-,18-/m1/s1. The molecule has 0 aliphatic carbocycles. The zero-order valence-corrected chi connectivity index (χ0v) is 21.9. The first-order chi connectivity index (χ1) is 18.6. The minimum Gasteiger partial charge on any atom is -0.477 e. The Bertz CT molecular complexity index is 1370. The number of aromatic nitrogens is 2. The van der Waals surface area contributed by atoms with Crippen LogP contribution in [0.3, 0.4) is 0 Å². The average molecular weight is 577 g/mol. The van der Waals surface area contributed by atoms with Gasteiger partial charge in [0.15, 0.2) is 11.1 Å². The molecule has 0 radical (unpaired) electrons. The third kappa shape index (κ3) is 4.65. The highest BCUT2D eigenvalue weighted by Gasteiger charge is 2.54. The molecule has 3 fully saturated rings. The fraction of sp³-hybridized carbons (Fsp3) is 0.429. The highest BCUT2D eigenvalue weighted by atomic mass is 32.2. The highest BCUT2D eigenvalue weighted by Crippen LogP contribution is 2.41. The number of hydrogen-bond donors (Lipinski definition) is 6. The van der Waals surface area contributed by atoms with Gasteiger partial charge in [-0.25, -0.2) is 4.79 Å². The number of anilines is 1. The summed E-state index contributed by atoms with van der Waals surface area (Å²) in [5.74, 6) is -3.18. The number of likely N-dealkylation sites (tertiary alicyclic amines) is 2. The number of carboxylic acids is 1. The Labute approximate surface area is 229 Å². The van der Waals surface area contributed by atoms with Crippen molar-refractivity contribution in [2.45, 2.75) is 30.3 Å². The van der Waals surface area contributed by atoms with Gasteiger partial charge in [0.2, 0.25) is 17.4 Å². The lowest BCUT2D eigenvalue weighted by molar-refractivity contribution is -0.150. The number of thioether (sulfide) groups is 1. The summed E-state index contributed by atoms with van der Waals surface area (Å²) < 4.78 is 3.82. The number of oxime groups is 1. The van der Waals surface area contributed by atoms with E-state index in [0.29, 0.717) is 43.6 Å². The molecule has 1 aromatic rings. The van der Waals surface area contributed by atoms with Crippen LogP contribution in [0.2, 0.25) is 0 Å². The average Bonchev–Trinajstić information content (AvgIpc) is 3.63. The molecule has 0 bridgehead atoms. The van der Waals surface area contributed by atoms with Crippen molar-refractivity contribution in [2.24, 2.45) is 10.9 Å². The number of nitrogen functional groups attached to an aromatic ring is 1. The number of nitrogens with two attached hydrogens (primary N) is 2. The number of carbonyl (C=O) groups excluding carboxylic acids is 3. The first-order valence-electron chi connectivity index (χ1n) is 11.7. The van der Waals surface area contributed by atoms with Crippen LogP contribution in [-0.4, -0.2) is 113 Å². The van der Waals surface area contributed by atoms with Crippen molar-refractivity contribution < 1.29 is 29.5 Å². The molecule has 5 rings (SSSR count). The van der Waals surface area contributed by atoms with E-state index in [1.165, 1.54) is 11.8 Å². The third-order valence-corrected chi connectivity index (χ3v) is 8.75. The molecule has 0 saturated carbocycles. The molecule has 0 aromatic carbocycles. The van der Waals surface area contributed by atoms with Crippen molar-refractivity contribution >= 4 is 63.8 Å². The number of rotatable bonds is 6. The minimum absolute atomic E-state index is 0.0389. The summed E-state index contributed by atoms with van der Waals surface area (Å²) in [6.45, 7) is 1.53. The number of allylic oxidation sites excluding steroid dienone is 1. The number of carbonyl (C=O) groups is 4. The molecule has 8 N–H and O–H groups in total. The summed E-state index contributed by atoms with van der Waals surface area (Å²) in [7, 11) is 0. The molecule has 4 aliphatic heterocycles. The number of guanidine groups is 1. The van der Waals surface area contributed by atoms with Gasteiger partial charge in [0.25, 0.3) is 11.8 Å². The number of nitrogens with zero attached hydrogens (tertiary/aromatic N) is 6. The maximum absolute atomic E-state index is 13.1. The predicted octanol–water partition coefficient (Wildman–Crippen LogP) is -1.84. The normalized spacial score (nSPS) is 26.3. The maximum atomic E-state index is 13.1. The van der Waals surface area contributed by atoms with E-state index in [9.17, 15) is 29.5 Å². The molecular weight excluding hydrogens is 552 g/mol. The fourth-order valence-electron chi connectivity index (χ4n) is 5.03. The van der Waals surface area contributed by atoms with Gasteiger partial charge in [-0.2, -0.15) is 9.36 Å². The van der Waals surface area contributed by atoms with Gasteiger partial charge in [0.05, 0.1) is 6.04 Å². The van der Waals surface area contributed by atoms with E-state index in [-0.39, 0.29) is 40.3 Å². The maximum Gasteiger partial charge on any atom is 0.352 e. The van der Waals surface area contributed by atoms with Crippen molar-refractivity contribution in [3.63, 3.8) is 0 Å². The smallest absolute Gasteiger partial charge is 0.352 e. The van der Waals surface area contributed by atoms with Gasteiger partial charge in [0.1, 0.15) is 17.1 Å². The van der Waals surface area contributed by atoms with Gasteiger partial charge < -0.3 is 36.9 Å². The van der Waals surface area contributed by atoms with Gasteiger partial charge in [0, 0.05) is 42.5 Å². The number of amides is 3. The van der Waals surface area contributed by atoms with E-state index >= 15 is 0 Å². The Kier molecular flexibility index (Phi) is 6.89. The molecular formula is C21H24N10O6S2. The summed E-state index contributed by atoms with van der Waals surface area (Å²) in [6, 6.07) is -1.16. The van der Waals surface area contributed by atoms with Crippen LogP contribution >= 0.6 is 23.3 Å². The van der Waals surface area contributed by atoms with Crippen LogP contribution in [-0.2, 0) is 19.2 Å². The number of aliphatic carboxylic acids is 1. The second-order valence-electron chi connectivity index (χ2n) is 9.14. The number of nitrogens with one attached hydrogen (secondary N) is 2. The van der Waals surface area contributed by atoms with Crippen molar-refractivity contribution in [2.75, 3.05) is 31.1 Å². The summed E-state index contributed by atoms with van der Waals surface area (Å²) in [5, 5.41) is 31.5. The first kappa shape index (κ1) is 26.4. The van der Waals surface area contributed by atoms with Crippen LogP contribution in [0.5, 0.6) is 0 Å². The van der Waals surface area contributed by atoms with Crippen LogP contribution in [0.4, 0.5) is 5.13 Å². The fourth-order valence-corrected chi connectivity index (χ4v) is 6.77. The predicted molar refractivity (Wildman–Crippen MR) is 139 cm³/mol. The summed E-state index contributed by atoms with van der Waals surface area (Å²) in [6.07, 6.45) is 2.65. The second kappa shape index (κ2) is 10.2. The number of fused-ring (bicyclic) bond motifs is 1. The largest absolute Gasteiger partial charge is 0.477 e. The van der Waals surface area contributed by atoms with Gasteiger partial charge in [-0.3, -0.25) is 24.7 Å². The van der Waals surface area contributed by atoms with E-state index < -0.39 is 34.9 Å². The van der Waals surface area contributed by atoms with Gasteiger partial charge in [-0.15, -0.1) is 11.8 Å². The second-order valence-corrected chi connectivity index (χ2v) is 11.0. The van der Waals surface area contributed by atoms with E-state index in [2.05, 4.69) is 19.8 Å².